The average molecular weight is 478 g/mol. The SMILES string of the molecule is CCNC(=O)C(C)(C)CN=C(NCC)NCCSc1ccccc1.I. The van der Waals surface area contributed by atoms with Crippen molar-refractivity contribution in [3.63, 3.8) is 0 Å². The molecule has 0 aliphatic heterocycles. The van der Waals surface area contributed by atoms with E-state index in [9.17, 15) is 4.79 Å². The molecule has 0 spiro atoms. The second kappa shape index (κ2) is 13.3. The molecule has 1 aromatic rings. The molecular formula is C18H31IN4OS. The fourth-order valence-corrected chi connectivity index (χ4v) is 2.73. The van der Waals surface area contributed by atoms with Crippen LogP contribution in [0.25, 0.3) is 0 Å². The highest BCUT2D eigenvalue weighted by molar-refractivity contribution is 14.0. The van der Waals surface area contributed by atoms with Gasteiger partial charge in [0.25, 0.3) is 0 Å². The Morgan fingerprint density at radius 3 is 2.32 bits per heavy atom. The van der Waals surface area contributed by atoms with Gasteiger partial charge in [-0.1, -0.05) is 18.2 Å². The number of carbonyl (C=O) groups excluding carboxylic acids is 1. The Morgan fingerprint density at radius 1 is 1.08 bits per heavy atom. The molecule has 0 bridgehead atoms. The van der Waals surface area contributed by atoms with Gasteiger partial charge in [0.2, 0.25) is 5.91 Å². The summed E-state index contributed by atoms with van der Waals surface area (Å²) >= 11 is 1.81. The number of guanidine groups is 1. The zero-order valence-corrected chi connectivity index (χ0v) is 18.7. The van der Waals surface area contributed by atoms with Crippen LogP contribution < -0.4 is 16.0 Å². The van der Waals surface area contributed by atoms with Crippen LogP contribution in [0, 0.1) is 5.41 Å². The van der Waals surface area contributed by atoms with Gasteiger partial charge in [-0.2, -0.15) is 0 Å². The van der Waals surface area contributed by atoms with Crippen molar-refractivity contribution in [2.45, 2.75) is 32.6 Å². The molecule has 5 nitrogen and oxygen atoms in total. The summed E-state index contributed by atoms with van der Waals surface area (Å²) in [5.41, 5.74) is -0.517. The van der Waals surface area contributed by atoms with E-state index in [2.05, 4.69) is 33.1 Å². The van der Waals surface area contributed by atoms with Gasteiger partial charge in [0, 0.05) is 30.3 Å². The second-order valence-corrected chi connectivity index (χ2v) is 7.20. The molecule has 0 heterocycles. The largest absolute Gasteiger partial charge is 0.357 e. The Bertz CT molecular complexity index is 523. The van der Waals surface area contributed by atoms with Gasteiger partial charge in [0.05, 0.1) is 12.0 Å². The van der Waals surface area contributed by atoms with Crippen LogP contribution in [0.4, 0.5) is 0 Å². The average Bonchev–Trinajstić information content (AvgIpc) is 2.57. The standard InChI is InChI=1S/C18H30N4OS.HI/c1-5-19-16(23)18(3,4)14-22-17(20-6-2)21-12-13-24-15-10-8-7-9-11-15;/h7-11H,5-6,12-14H2,1-4H3,(H,19,23)(H2,20,21,22);1H. The third-order valence-corrected chi connectivity index (χ3v) is 4.35. The van der Waals surface area contributed by atoms with Crippen LogP contribution in [0.3, 0.4) is 0 Å². The lowest BCUT2D eigenvalue weighted by Gasteiger charge is -2.22. The van der Waals surface area contributed by atoms with Crippen molar-refractivity contribution in [3.8, 4) is 0 Å². The number of carbonyl (C=O) groups is 1. The molecule has 0 atom stereocenters. The molecule has 0 fully saturated rings. The highest BCUT2D eigenvalue weighted by Gasteiger charge is 2.26. The maximum atomic E-state index is 12.0. The molecule has 142 valence electrons. The molecule has 0 saturated heterocycles. The molecule has 1 aromatic carbocycles. The van der Waals surface area contributed by atoms with Crippen LogP contribution in [0.1, 0.15) is 27.7 Å². The first-order valence-corrected chi connectivity index (χ1v) is 9.46. The fraction of sp³-hybridized carbons (Fsp3) is 0.556. The first-order chi connectivity index (χ1) is 11.5. The predicted molar refractivity (Wildman–Crippen MR) is 119 cm³/mol. The van der Waals surface area contributed by atoms with Crippen molar-refractivity contribution in [2.75, 3.05) is 31.9 Å². The molecule has 25 heavy (non-hydrogen) atoms. The number of hydrogen-bond donors (Lipinski definition) is 3. The fourth-order valence-electron chi connectivity index (χ4n) is 1.95. The van der Waals surface area contributed by atoms with Gasteiger partial charge in [-0.05, 0) is 39.8 Å². The zero-order chi connectivity index (χ0) is 17.8. The zero-order valence-electron chi connectivity index (χ0n) is 15.6. The van der Waals surface area contributed by atoms with Gasteiger partial charge >= 0.3 is 0 Å². The molecule has 0 radical (unpaired) electrons. The summed E-state index contributed by atoms with van der Waals surface area (Å²) in [7, 11) is 0. The van der Waals surface area contributed by atoms with Crippen molar-refractivity contribution < 1.29 is 4.79 Å². The minimum absolute atomic E-state index is 0. The Kier molecular flexibility index (Phi) is 12.8. The van der Waals surface area contributed by atoms with Crippen LogP contribution in [-0.4, -0.2) is 43.8 Å². The van der Waals surface area contributed by atoms with Gasteiger partial charge in [-0.25, -0.2) is 0 Å². The molecule has 0 unspecified atom stereocenters. The molecule has 7 heteroatoms. The number of amides is 1. The number of benzene rings is 1. The van der Waals surface area contributed by atoms with Gasteiger partial charge in [-0.15, -0.1) is 35.7 Å². The molecule has 3 N–H and O–H groups in total. The summed E-state index contributed by atoms with van der Waals surface area (Å²) in [5.74, 6) is 1.74. The van der Waals surface area contributed by atoms with E-state index in [1.165, 1.54) is 4.90 Å². The lowest BCUT2D eigenvalue weighted by atomic mass is 9.92. The summed E-state index contributed by atoms with van der Waals surface area (Å²) in [6.07, 6.45) is 0. The van der Waals surface area contributed by atoms with E-state index in [1.807, 2.05) is 45.9 Å². The molecule has 0 aliphatic carbocycles. The quantitative estimate of drug-likeness (QED) is 0.168. The molecule has 0 aromatic heterocycles. The Hall–Kier alpha value is -0.960. The lowest BCUT2D eigenvalue weighted by Crippen LogP contribution is -2.42. The van der Waals surface area contributed by atoms with Gasteiger partial charge in [0.15, 0.2) is 5.96 Å². The normalized spacial score (nSPS) is 11.4. The van der Waals surface area contributed by atoms with E-state index >= 15 is 0 Å². The van der Waals surface area contributed by atoms with Crippen LogP contribution in [-0.2, 0) is 4.79 Å². The van der Waals surface area contributed by atoms with Gasteiger partial charge in [0.1, 0.15) is 0 Å². The Balaban J connectivity index is 0.00000576. The highest BCUT2D eigenvalue weighted by Crippen LogP contribution is 2.16. The number of nitrogens with one attached hydrogen (secondary N) is 3. The topological polar surface area (TPSA) is 65.5 Å². The molecular weight excluding hydrogens is 447 g/mol. The third-order valence-electron chi connectivity index (χ3n) is 3.34. The van der Waals surface area contributed by atoms with Crippen molar-refractivity contribution in [1.29, 1.82) is 0 Å². The number of hydrogen-bond acceptors (Lipinski definition) is 3. The van der Waals surface area contributed by atoms with E-state index in [0.29, 0.717) is 13.1 Å². The van der Waals surface area contributed by atoms with E-state index in [0.717, 1.165) is 24.8 Å². The minimum Gasteiger partial charge on any atom is -0.357 e. The minimum atomic E-state index is -0.517. The monoisotopic (exact) mass is 478 g/mol. The molecule has 1 amide bonds. The molecule has 0 saturated carbocycles. The van der Waals surface area contributed by atoms with Crippen LogP contribution >= 0.6 is 35.7 Å². The number of halogens is 1. The summed E-state index contributed by atoms with van der Waals surface area (Å²) < 4.78 is 0. The van der Waals surface area contributed by atoms with Crippen molar-refractivity contribution in [1.82, 2.24) is 16.0 Å². The maximum Gasteiger partial charge on any atom is 0.227 e. The van der Waals surface area contributed by atoms with Crippen LogP contribution in [0.5, 0.6) is 0 Å². The number of thioether (sulfide) groups is 1. The number of aliphatic imine (C=N–C) groups is 1. The van der Waals surface area contributed by atoms with E-state index in [1.54, 1.807) is 11.8 Å². The first-order valence-electron chi connectivity index (χ1n) is 8.48. The van der Waals surface area contributed by atoms with E-state index in [-0.39, 0.29) is 29.9 Å². The Morgan fingerprint density at radius 2 is 1.72 bits per heavy atom. The highest BCUT2D eigenvalue weighted by atomic mass is 127. The summed E-state index contributed by atoms with van der Waals surface area (Å²) in [6, 6.07) is 10.3. The molecule has 1 rings (SSSR count). The first kappa shape index (κ1) is 24.0. The predicted octanol–water partition coefficient (Wildman–Crippen LogP) is 3.11. The Labute approximate surface area is 173 Å². The smallest absolute Gasteiger partial charge is 0.227 e. The van der Waals surface area contributed by atoms with E-state index in [4.69, 9.17) is 0 Å². The van der Waals surface area contributed by atoms with Crippen LogP contribution in [0.15, 0.2) is 40.2 Å². The maximum absolute atomic E-state index is 12.0. The summed E-state index contributed by atoms with van der Waals surface area (Å²) in [5, 5.41) is 9.40. The molecule has 0 aliphatic rings. The van der Waals surface area contributed by atoms with Crippen molar-refractivity contribution >= 4 is 47.6 Å². The third kappa shape index (κ3) is 9.94. The summed E-state index contributed by atoms with van der Waals surface area (Å²) in [6.45, 7) is 10.5. The van der Waals surface area contributed by atoms with Crippen molar-refractivity contribution in [2.24, 2.45) is 10.4 Å². The van der Waals surface area contributed by atoms with E-state index < -0.39 is 5.41 Å². The van der Waals surface area contributed by atoms with Gasteiger partial charge < -0.3 is 16.0 Å². The van der Waals surface area contributed by atoms with Gasteiger partial charge in [-0.3, -0.25) is 9.79 Å². The summed E-state index contributed by atoms with van der Waals surface area (Å²) in [4.78, 5) is 17.8. The number of nitrogens with zero attached hydrogens (tertiary/aromatic N) is 1. The van der Waals surface area contributed by atoms with Crippen LogP contribution in [0.2, 0.25) is 0 Å². The lowest BCUT2D eigenvalue weighted by molar-refractivity contribution is -0.128. The number of rotatable bonds is 9. The second-order valence-electron chi connectivity index (χ2n) is 6.03. The van der Waals surface area contributed by atoms with Crippen molar-refractivity contribution in [3.05, 3.63) is 30.3 Å².